The molecule has 116 valence electrons. The Bertz CT molecular complexity index is 711. The monoisotopic (exact) mass is 377 g/mol. The van der Waals surface area contributed by atoms with E-state index in [1.54, 1.807) is 25.1 Å². The third-order valence-electron chi connectivity index (χ3n) is 2.76. The maximum absolute atomic E-state index is 13.0. The zero-order valence-electron chi connectivity index (χ0n) is 11.4. The van der Waals surface area contributed by atoms with Crippen LogP contribution in [0.4, 0.5) is 10.1 Å². The number of anilines is 1. The number of carbonyl (C=O) groups is 1. The van der Waals surface area contributed by atoms with Gasteiger partial charge in [-0.2, -0.15) is 0 Å². The van der Waals surface area contributed by atoms with Gasteiger partial charge >= 0.3 is 0 Å². The summed E-state index contributed by atoms with van der Waals surface area (Å²) in [5.41, 5.74) is 0.359. The van der Waals surface area contributed by atoms with E-state index in [-0.39, 0.29) is 10.9 Å². The summed E-state index contributed by atoms with van der Waals surface area (Å²) in [7, 11) is 0. The van der Waals surface area contributed by atoms with Gasteiger partial charge in [-0.15, -0.1) is 11.8 Å². The number of halogens is 4. The molecule has 7 heteroatoms. The van der Waals surface area contributed by atoms with Crippen molar-refractivity contribution in [1.82, 2.24) is 0 Å². The van der Waals surface area contributed by atoms with Crippen LogP contribution in [0.3, 0.4) is 0 Å². The molecule has 0 aliphatic heterocycles. The molecular weight excluding hydrogens is 368 g/mol. The summed E-state index contributed by atoms with van der Waals surface area (Å²) in [6, 6.07) is 8.84. The van der Waals surface area contributed by atoms with Crippen LogP contribution in [0.25, 0.3) is 0 Å². The van der Waals surface area contributed by atoms with Gasteiger partial charge in [-0.3, -0.25) is 4.79 Å². The number of amides is 1. The molecular formula is C15H11Cl3FNOS. The first-order valence-corrected chi connectivity index (χ1v) is 8.26. The molecule has 2 aromatic carbocycles. The Hall–Kier alpha value is -0.940. The van der Waals surface area contributed by atoms with Gasteiger partial charge in [0.05, 0.1) is 21.0 Å². The van der Waals surface area contributed by atoms with E-state index in [1.807, 2.05) is 0 Å². The van der Waals surface area contributed by atoms with Crippen molar-refractivity contribution < 1.29 is 9.18 Å². The Morgan fingerprint density at radius 2 is 1.86 bits per heavy atom. The van der Waals surface area contributed by atoms with Gasteiger partial charge in [-0.25, -0.2) is 4.39 Å². The van der Waals surface area contributed by atoms with Crippen LogP contribution < -0.4 is 5.32 Å². The fraction of sp³-hybridized carbons (Fsp3) is 0.133. The minimum absolute atomic E-state index is 0.145. The predicted molar refractivity (Wildman–Crippen MR) is 91.8 cm³/mol. The molecule has 22 heavy (non-hydrogen) atoms. The lowest BCUT2D eigenvalue weighted by atomic mass is 10.3. The van der Waals surface area contributed by atoms with E-state index in [2.05, 4.69) is 5.32 Å². The maximum atomic E-state index is 13.0. The van der Waals surface area contributed by atoms with Crippen molar-refractivity contribution in [3.8, 4) is 0 Å². The Labute approximate surface area is 146 Å². The Balaban J connectivity index is 2.07. The number of benzene rings is 2. The number of carbonyl (C=O) groups excluding carboxylic acids is 1. The molecule has 0 aliphatic rings. The first-order valence-electron chi connectivity index (χ1n) is 6.24. The van der Waals surface area contributed by atoms with Crippen LogP contribution in [0.5, 0.6) is 0 Å². The smallest absolute Gasteiger partial charge is 0.237 e. The Morgan fingerprint density at radius 3 is 2.55 bits per heavy atom. The van der Waals surface area contributed by atoms with Crippen molar-refractivity contribution in [3.63, 3.8) is 0 Å². The molecule has 0 aliphatic carbocycles. The lowest BCUT2D eigenvalue weighted by Gasteiger charge is -2.14. The highest BCUT2D eigenvalue weighted by Crippen LogP contribution is 2.33. The topological polar surface area (TPSA) is 29.1 Å². The molecule has 0 radical (unpaired) electrons. The molecule has 1 N–H and O–H groups in total. The van der Waals surface area contributed by atoms with Crippen molar-refractivity contribution >= 4 is 58.2 Å². The quantitative estimate of drug-likeness (QED) is 0.671. The maximum Gasteiger partial charge on any atom is 0.237 e. The number of hydrogen-bond acceptors (Lipinski definition) is 2. The van der Waals surface area contributed by atoms with Crippen molar-refractivity contribution in [2.45, 2.75) is 17.1 Å². The molecule has 2 nitrogen and oxygen atoms in total. The molecule has 1 atom stereocenters. The Kier molecular flexibility index (Phi) is 5.98. The third-order valence-corrected chi connectivity index (χ3v) is 4.90. The largest absolute Gasteiger partial charge is 0.324 e. The fourth-order valence-electron chi connectivity index (χ4n) is 1.64. The van der Waals surface area contributed by atoms with Gasteiger partial charge in [0.25, 0.3) is 0 Å². The molecule has 0 heterocycles. The third kappa shape index (κ3) is 4.53. The molecule has 0 saturated heterocycles. The molecule has 0 spiro atoms. The normalized spacial score (nSPS) is 12.0. The number of rotatable bonds is 4. The zero-order chi connectivity index (χ0) is 16.3. The lowest BCUT2D eigenvalue weighted by molar-refractivity contribution is -0.115. The first kappa shape index (κ1) is 17.4. The molecule has 0 fully saturated rings. The van der Waals surface area contributed by atoms with Crippen LogP contribution in [0.15, 0.2) is 41.3 Å². The second-order valence-electron chi connectivity index (χ2n) is 4.45. The molecule has 2 rings (SSSR count). The van der Waals surface area contributed by atoms with Crippen LogP contribution in [0, 0.1) is 5.82 Å². The summed E-state index contributed by atoms with van der Waals surface area (Å²) in [6.07, 6.45) is 0. The van der Waals surface area contributed by atoms with Crippen LogP contribution in [-0.2, 0) is 4.79 Å². The summed E-state index contributed by atoms with van der Waals surface area (Å²) in [5.74, 6) is -0.731. The van der Waals surface area contributed by atoms with E-state index in [0.717, 1.165) is 6.07 Å². The van der Waals surface area contributed by atoms with E-state index >= 15 is 0 Å². The van der Waals surface area contributed by atoms with Crippen LogP contribution in [-0.4, -0.2) is 11.2 Å². The van der Waals surface area contributed by atoms with Crippen molar-refractivity contribution in [3.05, 3.63) is 57.3 Å². The van der Waals surface area contributed by atoms with E-state index in [9.17, 15) is 9.18 Å². The number of nitrogens with one attached hydrogen (secondary N) is 1. The van der Waals surface area contributed by atoms with E-state index < -0.39 is 11.1 Å². The van der Waals surface area contributed by atoms with Crippen molar-refractivity contribution in [2.75, 3.05) is 5.32 Å². The van der Waals surface area contributed by atoms with Crippen molar-refractivity contribution in [2.24, 2.45) is 0 Å². The van der Waals surface area contributed by atoms with Gasteiger partial charge < -0.3 is 5.32 Å². The summed E-state index contributed by atoms with van der Waals surface area (Å²) < 4.78 is 13.0. The summed E-state index contributed by atoms with van der Waals surface area (Å²) in [6.45, 7) is 1.73. The van der Waals surface area contributed by atoms with Gasteiger partial charge in [-0.1, -0.05) is 34.8 Å². The first-order chi connectivity index (χ1) is 10.4. The SMILES string of the molecule is C[C@H](Sc1cc(Cl)ccc1Cl)C(=O)Nc1ccc(F)cc1Cl. The molecule has 0 bridgehead atoms. The van der Waals surface area contributed by atoms with E-state index in [4.69, 9.17) is 34.8 Å². The number of thioether (sulfide) groups is 1. The van der Waals surface area contributed by atoms with E-state index in [1.165, 1.54) is 23.9 Å². The zero-order valence-corrected chi connectivity index (χ0v) is 14.5. The minimum Gasteiger partial charge on any atom is -0.324 e. The summed E-state index contributed by atoms with van der Waals surface area (Å²) >= 11 is 19.2. The fourth-order valence-corrected chi connectivity index (χ4v) is 3.26. The van der Waals surface area contributed by atoms with Crippen molar-refractivity contribution in [1.29, 1.82) is 0 Å². The van der Waals surface area contributed by atoms with Gasteiger partial charge in [0.2, 0.25) is 5.91 Å². The lowest BCUT2D eigenvalue weighted by Crippen LogP contribution is -2.22. The highest BCUT2D eigenvalue weighted by molar-refractivity contribution is 8.00. The molecule has 0 saturated carbocycles. The van der Waals surface area contributed by atoms with Crippen LogP contribution in [0.1, 0.15) is 6.92 Å². The number of hydrogen-bond donors (Lipinski definition) is 1. The minimum atomic E-state index is -0.462. The average Bonchev–Trinajstić information content (AvgIpc) is 2.45. The highest BCUT2D eigenvalue weighted by atomic mass is 35.5. The van der Waals surface area contributed by atoms with Gasteiger partial charge in [0, 0.05) is 9.92 Å². The predicted octanol–water partition coefficient (Wildman–Crippen LogP) is 5.91. The average molecular weight is 379 g/mol. The standard InChI is InChI=1S/C15H11Cl3FNOS/c1-8(22-14-6-9(16)2-4-11(14)17)15(21)20-13-5-3-10(19)7-12(13)18/h2-8H,1H3,(H,20,21)/t8-/m0/s1. The Morgan fingerprint density at radius 1 is 1.14 bits per heavy atom. The molecule has 1 amide bonds. The van der Waals surface area contributed by atoms with Gasteiger partial charge in [0.1, 0.15) is 5.82 Å². The van der Waals surface area contributed by atoms with Gasteiger partial charge in [0.15, 0.2) is 0 Å². The second-order valence-corrected chi connectivity index (χ2v) is 7.08. The summed E-state index contributed by atoms with van der Waals surface area (Å²) in [4.78, 5) is 12.9. The summed E-state index contributed by atoms with van der Waals surface area (Å²) in [5, 5.41) is 3.43. The molecule has 0 unspecified atom stereocenters. The van der Waals surface area contributed by atoms with E-state index in [0.29, 0.717) is 20.6 Å². The van der Waals surface area contributed by atoms with Gasteiger partial charge in [-0.05, 0) is 43.3 Å². The molecule has 2 aromatic rings. The van der Waals surface area contributed by atoms with Crippen LogP contribution in [0.2, 0.25) is 15.1 Å². The highest BCUT2D eigenvalue weighted by Gasteiger charge is 2.17. The molecule has 0 aromatic heterocycles. The van der Waals surface area contributed by atoms with Crippen LogP contribution >= 0.6 is 46.6 Å². The second kappa shape index (κ2) is 7.55.